The highest BCUT2D eigenvalue weighted by Gasteiger charge is 2.19. The topological polar surface area (TPSA) is 50.2 Å². The fourth-order valence-electron chi connectivity index (χ4n) is 2.55. The second-order valence-corrected chi connectivity index (χ2v) is 6.38. The van der Waals surface area contributed by atoms with E-state index in [2.05, 4.69) is 22.4 Å². The summed E-state index contributed by atoms with van der Waals surface area (Å²) in [4.78, 5) is 14.4. The zero-order chi connectivity index (χ0) is 14.7. The van der Waals surface area contributed by atoms with Gasteiger partial charge in [-0.2, -0.15) is 5.10 Å². The first-order chi connectivity index (χ1) is 9.47. The van der Waals surface area contributed by atoms with E-state index in [-0.39, 0.29) is 10.6 Å². The molecule has 2 heterocycles. The summed E-state index contributed by atoms with van der Waals surface area (Å²) in [5, 5.41) is 7.80. The maximum atomic E-state index is 12.1. The molecule has 6 heteroatoms. The fraction of sp³-hybridized carbons (Fsp3) is 0.714. The van der Waals surface area contributed by atoms with Crippen molar-refractivity contribution >= 4 is 17.3 Å². The molecule has 20 heavy (non-hydrogen) atoms. The van der Waals surface area contributed by atoms with Gasteiger partial charge < -0.3 is 10.2 Å². The van der Waals surface area contributed by atoms with E-state index in [4.69, 9.17) is 11.6 Å². The molecule has 112 valence electrons. The summed E-state index contributed by atoms with van der Waals surface area (Å²) in [5.41, 5.74) is 0.437. The van der Waals surface area contributed by atoms with E-state index in [0.29, 0.717) is 24.2 Å². The minimum absolute atomic E-state index is 0.213. The number of piperidine rings is 1. The highest BCUT2D eigenvalue weighted by molar-refractivity contribution is 6.32. The van der Waals surface area contributed by atoms with E-state index < -0.39 is 0 Å². The molecule has 0 bridgehead atoms. The SMILES string of the molecule is CC(C)Cn1ncc(NC2CCCN(C)C2)c(Cl)c1=O. The van der Waals surface area contributed by atoms with Gasteiger partial charge in [0.05, 0.1) is 11.9 Å². The van der Waals surface area contributed by atoms with Gasteiger partial charge in [0.25, 0.3) is 5.56 Å². The Labute approximate surface area is 124 Å². The lowest BCUT2D eigenvalue weighted by Gasteiger charge is -2.31. The number of rotatable bonds is 4. The Morgan fingerprint density at radius 3 is 2.95 bits per heavy atom. The molecule has 1 N–H and O–H groups in total. The molecule has 2 rings (SSSR count). The first-order valence-electron chi connectivity index (χ1n) is 7.18. The van der Waals surface area contributed by atoms with Crippen molar-refractivity contribution in [3.8, 4) is 0 Å². The molecular weight excluding hydrogens is 276 g/mol. The van der Waals surface area contributed by atoms with E-state index in [1.165, 1.54) is 4.68 Å². The second-order valence-electron chi connectivity index (χ2n) is 6.00. The highest BCUT2D eigenvalue weighted by Crippen LogP contribution is 2.20. The Kier molecular flexibility index (Phi) is 5.05. The molecule has 1 unspecified atom stereocenters. The van der Waals surface area contributed by atoms with Crippen LogP contribution >= 0.6 is 11.6 Å². The molecule has 1 atom stereocenters. The number of hydrogen-bond acceptors (Lipinski definition) is 4. The van der Waals surface area contributed by atoms with Gasteiger partial charge in [0.15, 0.2) is 0 Å². The summed E-state index contributed by atoms with van der Waals surface area (Å²) in [7, 11) is 2.11. The van der Waals surface area contributed by atoms with Gasteiger partial charge in [-0.3, -0.25) is 4.79 Å². The number of likely N-dealkylation sites (tertiary alicyclic amines) is 1. The summed E-state index contributed by atoms with van der Waals surface area (Å²) >= 11 is 6.19. The number of hydrogen-bond donors (Lipinski definition) is 1. The van der Waals surface area contributed by atoms with Crippen molar-refractivity contribution < 1.29 is 0 Å². The third-order valence-corrected chi connectivity index (χ3v) is 3.87. The predicted octanol–water partition coefficient (Wildman–Crippen LogP) is 2.06. The van der Waals surface area contributed by atoms with Gasteiger partial charge in [0, 0.05) is 19.1 Å². The number of aromatic nitrogens is 2. The Morgan fingerprint density at radius 2 is 2.30 bits per heavy atom. The van der Waals surface area contributed by atoms with Crippen LogP contribution in [0.2, 0.25) is 5.02 Å². The van der Waals surface area contributed by atoms with Crippen LogP contribution in [0.15, 0.2) is 11.0 Å². The molecule has 0 amide bonds. The lowest BCUT2D eigenvalue weighted by Crippen LogP contribution is -2.40. The van der Waals surface area contributed by atoms with Crippen molar-refractivity contribution in [3.63, 3.8) is 0 Å². The van der Waals surface area contributed by atoms with Crippen molar-refractivity contribution in [1.29, 1.82) is 0 Å². The van der Waals surface area contributed by atoms with E-state index >= 15 is 0 Å². The minimum Gasteiger partial charge on any atom is -0.378 e. The van der Waals surface area contributed by atoms with Gasteiger partial charge >= 0.3 is 0 Å². The normalized spacial score (nSPS) is 20.4. The van der Waals surface area contributed by atoms with Crippen LogP contribution in [0.4, 0.5) is 5.69 Å². The molecule has 0 spiro atoms. The van der Waals surface area contributed by atoms with Crippen LogP contribution in [0.5, 0.6) is 0 Å². The number of halogens is 1. The van der Waals surface area contributed by atoms with Gasteiger partial charge in [-0.15, -0.1) is 0 Å². The van der Waals surface area contributed by atoms with Crippen LogP contribution in [-0.4, -0.2) is 40.9 Å². The highest BCUT2D eigenvalue weighted by atomic mass is 35.5. The van der Waals surface area contributed by atoms with Crippen molar-refractivity contribution in [2.45, 2.75) is 39.3 Å². The first kappa shape index (κ1) is 15.3. The maximum absolute atomic E-state index is 12.1. The number of nitrogens with one attached hydrogen (secondary N) is 1. The Balaban J connectivity index is 2.13. The number of anilines is 1. The molecule has 1 aromatic heterocycles. The van der Waals surface area contributed by atoms with Crippen molar-refractivity contribution in [3.05, 3.63) is 21.6 Å². The second kappa shape index (κ2) is 6.59. The molecule has 1 aromatic rings. The molecule has 5 nitrogen and oxygen atoms in total. The Morgan fingerprint density at radius 1 is 1.55 bits per heavy atom. The van der Waals surface area contributed by atoms with E-state index in [9.17, 15) is 4.79 Å². The van der Waals surface area contributed by atoms with Gasteiger partial charge in [-0.1, -0.05) is 25.4 Å². The molecule has 0 aliphatic carbocycles. The van der Waals surface area contributed by atoms with Crippen LogP contribution in [0.1, 0.15) is 26.7 Å². The average molecular weight is 299 g/mol. The molecule has 0 aromatic carbocycles. The molecule has 1 saturated heterocycles. The van der Waals surface area contributed by atoms with Crippen molar-refractivity contribution in [1.82, 2.24) is 14.7 Å². The standard InChI is InChI=1S/C14H23ClN4O/c1-10(2)8-19-14(20)13(15)12(7-16-19)17-11-5-4-6-18(3)9-11/h7,10-11,17H,4-6,8-9H2,1-3H3. The Hall–Kier alpha value is -1.07. The average Bonchev–Trinajstić information content (AvgIpc) is 2.38. The van der Waals surface area contributed by atoms with Gasteiger partial charge in [-0.05, 0) is 32.4 Å². The number of nitrogens with zero attached hydrogens (tertiary/aromatic N) is 3. The Bertz CT molecular complexity index is 514. The van der Waals surface area contributed by atoms with Crippen LogP contribution in [-0.2, 0) is 6.54 Å². The molecule has 1 fully saturated rings. The quantitative estimate of drug-likeness (QED) is 0.924. The van der Waals surface area contributed by atoms with Crippen LogP contribution < -0.4 is 10.9 Å². The predicted molar refractivity (Wildman–Crippen MR) is 82.5 cm³/mol. The summed E-state index contributed by atoms with van der Waals surface area (Å²) in [6, 6.07) is 0.327. The molecular formula is C14H23ClN4O. The monoisotopic (exact) mass is 298 g/mol. The molecule has 0 radical (unpaired) electrons. The summed E-state index contributed by atoms with van der Waals surface area (Å²) < 4.78 is 1.44. The zero-order valence-electron chi connectivity index (χ0n) is 12.4. The van der Waals surface area contributed by atoms with E-state index in [1.54, 1.807) is 6.20 Å². The first-order valence-corrected chi connectivity index (χ1v) is 7.56. The fourth-order valence-corrected chi connectivity index (χ4v) is 2.75. The van der Waals surface area contributed by atoms with Crippen molar-refractivity contribution in [2.24, 2.45) is 5.92 Å². The summed E-state index contributed by atoms with van der Waals surface area (Å²) in [5.74, 6) is 0.363. The van der Waals surface area contributed by atoms with Crippen LogP contribution in [0.3, 0.4) is 0 Å². The molecule has 1 aliphatic rings. The lowest BCUT2D eigenvalue weighted by molar-refractivity contribution is 0.261. The third kappa shape index (κ3) is 3.73. The van der Waals surface area contributed by atoms with E-state index in [1.807, 2.05) is 13.8 Å². The van der Waals surface area contributed by atoms with Crippen molar-refractivity contribution in [2.75, 3.05) is 25.5 Å². The molecule has 0 saturated carbocycles. The van der Waals surface area contributed by atoms with Crippen LogP contribution in [0, 0.1) is 5.92 Å². The smallest absolute Gasteiger partial charge is 0.287 e. The largest absolute Gasteiger partial charge is 0.378 e. The molecule has 1 aliphatic heterocycles. The summed E-state index contributed by atoms with van der Waals surface area (Å²) in [6.45, 7) is 6.77. The zero-order valence-corrected chi connectivity index (χ0v) is 13.2. The van der Waals surface area contributed by atoms with E-state index in [0.717, 1.165) is 25.9 Å². The lowest BCUT2D eigenvalue weighted by atomic mass is 10.1. The van der Waals surface area contributed by atoms with Gasteiger partial charge in [0.1, 0.15) is 5.02 Å². The summed E-state index contributed by atoms with van der Waals surface area (Å²) in [6.07, 6.45) is 3.92. The van der Waals surface area contributed by atoms with Crippen LogP contribution in [0.25, 0.3) is 0 Å². The third-order valence-electron chi connectivity index (χ3n) is 3.51. The minimum atomic E-state index is -0.213. The maximum Gasteiger partial charge on any atom is 0.287 e. The van der Waals surface area contributed by atoms with Gasteiger partial charge in [0.2, 0.25) is 0 Å². The van der Waals surface area contributed by atoms with Gasteiger partial charge in [-0.25, -0.2) is 4.68 Å². The number of likely N-dealkylation sites (N-methyl/N-ethyl adjacent to an activating group) is 1.